The van der Waals surface area contributed by atoms with Crippen LogP contribution in [0.15, 0.2) is 46.3 Å². The van der Waals surface area contributed by atoms with Crippen molar-refractivity contribution in [3.63, 3.8) is 0 Å². The normalized spacial score (nSPS) is 17.5. The van der Waals surface area contributed by atoms with E-state index in [1.165, 1.54) is 11.1 Å². The van der Waals surface area contributed by atoms with Gasteiger partial charge in [0.1, 0.15) is 6.10 Å². The standard InChI is InChI=1S/C24H36O4/c1-6-8-9-13-19-16-21(28-22(25)7-2)20(24(27)23(19)26)15-14-18(5)12-10-11-17(3)4/h11,14,16,21,27H,6-10,12-13,15H2,1-5H3/b18-14+. The van der Waals surface area contributed by atoms with Gasteiger partial charge in [-0.15, -0.1) is 0 Å². The summed E-state index contributed by atoms with van der Waals surface area (Å²) in [6.45, 7) is 10.0. The van der Waals surface area contributed by atoms with Gasteiger partial charge in [-0.3, -0.25) is 9.59 Å². The van der Waals surface area contributed by atoms with E-state index in [-0.39, 0.29) is 23.9 Å². The van der Waals surface area contributed by atoms with Crippen molar-refractivity contribution in [2.24, 2.45) is 0 Å². The largest absolute Gasteiger partial charge is 0.504 e. The number of esters is 1. The first-order valence-corrected chi connectivity index (χ1v) is 10.5. The average molecular weight is 389 g/mol. The maximum Gasteiger partial charge on any atom is 0.306 e. The molecule has 0 bridgehead atoms. The Bertz CT molecular complexity index is 673. The van der Waals surface area contributed by atoms with Crippen LogP contribution in [0.1, 0.15) is 86.0 Å². The summed E-state index contributed by atoms with van der Waals surface area (Å²) in [6.07, 6.45) is 11.4. The zero-order chi connectivity index (χ0) is 21.1. The van der Waals surface area contributed by atoms with Gasteiger partial charge in [-0.25, -0.2) is 0 Å². The Hall–Kier alpha value is -2.10. The maximum atomic E-state index is 12.6. The van der Waals surface area contributed by atoms with Crippen molar-refractivity contribution in [3.8, 4) is 0 Å². The average Bonchev–Trinajstić information content (AvgIpc) is 2.65. The van der Waals surface area contributed by atoms with Gasteiger partial charge in [0.15, 0.2) is 5.76 Å². The molecular weight excluding hydrogens is 352 g/mol. The van der Waals surface area contributed by atoms with Crippen LogP contribution >= 0.6 is 0 Å². The predicted octanol–water partition coefficient (Wildman–Crippen LogP) is 6.29. The summed E-state index contributed by atoms with van der Waals surface area (Å²) in [5, 5.41) is 10.5. The third-order valence-corrected chi connectivity index (χ3v) is 4.87. The molecule has 1 aliphatic rings. The highest BCUT2D eigenvalue weighted by molar-refractivity contribution is 6.08. The van der Waals surface area contributed by atoms with Crippen LogP contribution in [0.25, 0.3) is 0 Å². The monoisotopic (exact) mass is 388 g/mol. The highest BCUT2D eigenvalue weighted by Gasteiger charge is 2.30. The lowest BCUT2D eigenvalue weighted by Crippen LogP contribution is -2.27. The number of carbonyl (C=O) groups is 2. The predicted molar refractivity (Wildman–Crippen MR) is 114 cm³/mol. The Balaban J connectivity index is 2.97. The number of rotatable bonds is 11. The first-order valence-electron chi connectivity index (χ1n) is 10.5. The number of Topliss-reactive ketones (excluding diaryl/α,β-unsaturated/α-hetero) is 1. The van der Waals surface area contributed by atoms with Gasteiger partial charge in [-0.2, -0.15) is 0 Å². The molecule has 0 aromatic rings. The molecule has 1 unspecified atom stereocenters. The summed E-state index contributed by atoms with van der Waals surface area (Å²) < 4.78 is 5.53. The van der Waals surface area contributed by atoms with Gasteiger partial charge in [0.2, 0.25) is 5.78 Å². The van der Waals surface area contributed by atoms with E-state index in [9.17, 15) is 14.7 Å². The van der Waals surface area contributed by atoms with Gasteiger partial charge in [0.05, 0.1) is 0 Å². The number of hydrogen-bond donors (Lipinski definition) is 1. The Kier molecular flexibility index (Phi) is 10.6. The van der Waals surface area contributed by atoms with E-state index in [1.54, 1.807) is 13.0 Å². The molecule has 0 amide bonds. The zero-order valence-corrected chi connectivity index (χ0v) is 18.1. The van der Waals surface area contributed by atoms with Gasteiger partial charge in [-0.05, 0) is 59.0 Å². The molecule has 156 valence electrons. The van der Waals surface area contributed by atoms with Crippen LogP contribution in [0.3, 0.4) is 0 Å². The fraction of sp³-hybridized carbons (Fsp3) is 0.583. The molecule has 1 N–H and O–H groups in total. The lowest BCUT2D eigenvalue weighted by atomic mass is 9.89. The number of hydrogen-bond acceptors (Lipinski definition) is 4. The van der Waals surface area contributed by atoms with Crippen LogP contribution in [0.5, 0.6) is 0 Å². The molecule has 28 heavy (non-hydrogen) atoms. The van der Waals surface area contributed by atoms with Crippen LogP contribution in [0.2, 0.25) is 0 Å². The first kappa shape index (κ1) is 23.9. The fourth-order valence-electron chi connectivity index (χ4n) is 3.07. The molecule has 4 nitrogen and oxygen atoms in total. The van der Waals surface area contributed by atoms with Crippen LogP contribution in [-0.2, 0) is 14.3 Å². The summed E-state index contributed by atoms with van der Waals surface area (Å²) in [5.41, 5.74) is 3.50. The molecule has 0 aromatic carbocycles. The van der Waals surface area contributed by atoms with E-state index < -0.39 is 6.10 Å². The van der Waals surface area contributed by atoms with Crippen molar-refractivity contribution in [1.82, 2.24) is 0 Å². The number of unbranched alkanes of at least 4 members (excludes halogenated alkanes) is 2. The molecule has 0 heterocycles. The fourth-order valence-corrected chi connectivity index (χ4v) is 3.07. The van der Waals surface area contributed by atoms with Gasteiger partial charge >= 0.3 is 5.97 Å². The van der Waals surface area contributed by atoms with Gasteiger partial charge in [0, 0.05) is 17.6 Å². The zero-order valence-electron chi connectivity index (χ0n) is 18.1. The number of aliphatic hydroxyl groups is 1. The third kappa shape index (κ3) is 7.87. The van der Waals surface area contributed by atoms with Crippen LogP contribution in [-0.4, -0.2) is 23.0 Å². The number of ether oxygens (including phenoxy) is 1. The topological polar surface area (TPSA) is 63.6 Å². The summed E-state index contributed by atoms with van der Waals surface area (Å²) in [7, 11) is 0. The van der Waals surface area contributed by atoms with E-state index in [1.807, 2.05) is 13.0 Å². The molecule has 1 aliphatic carbocycles. The highest BCUT2D eigenvalue weighted by atomic mass is 16.5. The Morgan fingerprint density at radius 2 is 1.89 bits per heavy atom. The van der Waals surface area contributed by atoms with Crippen molar-refractivity contribution in [1.29, 1.82) is 0 Å². The molecule has 0 saturated heterocycles. The maximum absolute atomic E-state index is 12.6. The number of allylic oxidation sites excluding steroid dienone is 5. The number of aliphatic hydroxyl groups excluding tert-OH is 1. The minimum Gasteiger partial charge on any atom is -0.504 e. The third-order valence-electron chi connectivity index (χ3n) is 4.87. The van der Waals surface area contributed by atoms with E-state index in [0.29, 0.717) is 24.0 Å². The Morgan fingerprint density at radius 1 is 1.18 bits per heavy atom. The smallest absolute Gasteiger partial charge is 0.306 e. The molecule has 0 aliphatic heterocycles. The molecule has 1 rings (SSSR count). The summed E-state index contributed by atoms with van der Waals surface area (Å²) in [5.74, 6) is -0.917. The SMILES string of the molecule is CCCCCC1=CC(OC(=O)CC)C(C/C=C(\C)CCC=C(C)C)=C(O)C1=O. The molecule has 4 heteroatoms. The second kappa shape index (κ2) is 12.4. The van der Waals surface area contributed by atoms with Crippen LogP contribution < -0.4 is 0 Å². The number of carbonyl (C=O) groups excluding carboxylic acids is 2. The summed E-state index contributed by atoms with van der Waals surface area (Å²) >= 11 is 0. The van der Waals surface area contributed by atoms with Crippen molar-refractivity contribution in [3.05, 3.63) is 46.3 Å². The minimum atomic E-state index is -0.663. The molecule has 0 fully saturated rings. The second-order valence-corrected chi connectivity index (χ2v) is 7.69. The van der Waals surface area contributed by atoms with Crippen LogP contribution in [0.4, 0.5) is 0 Å². The Labute approximate surface area is 170 Å². The van der Waals surface area contributed by atoms with Gasteiger partial charge < -0.3 is 9.84 Å². The minimum absolute atomic E-state index is 0.253. The van der Waals surface area contributed by atoms with Crippen molar-refractivity contribution < 1.29 is 19.4 Å². The lowest BCUT2D eigenvalue weighted by Gasteiger charge is -2.24. The molecule has 0 saturated carbocycles. The summed E-state index contributed by atoms with van der Waals surface area (Å²) in [4.78, 5) is 24.4. The number of ketones is 1. The van der Waals surface area contributed by atoms with Crippen molar-refractivity contribution in [2.75, 3.05) is 0 Å². The van der Waals surface area contributed by atoms with E-state index >= 15 is 0 Å². The highest BCUT2D eigenvalue weighted by Crippen LogP contribution is 2.29. The first-order chi connectivity index (χ1) is 13.3. The lowest BCUT2D eigenvalue weighted by molar-refractivity contribution is -0.145. The Morgan fingerprint density at radius 3 is 2.50 bits per heavy atom. The van der Waals surface area contributed by atoms with E-state index in [4.69, 9.17) is 4.74 Å². The molecular formula is C24H36O4. The van der Waals surface area contributed by atoms with Crippen LogP contribution in [0, 0.1) is 0 Å². The molecule has 1 atom stereocenters. The summed E-state index contributed by atoms with van der Waals surface area (Å²) in [6, 6.07) is 0. The van der Waals surface area contributed by atoms with Crippen molar-refractivity contribution >= 4 is 11.8 Å². The van der Waals surface area contributed by atoms with E-state index in [0.717, 1.165) is 32.1 Å². The quantitative estimate of drug-likeness (QED) is 0.256. The second-order valence-electron chi connectivity index (χ2n) is 7.69. The van der Waals surface area contributed by atoms with Gasteiger partial charge in [0.25, 0.3) is 0 Å². The van der Waals surface area contributed by atoms with Crippen molar-refractivity contribution in [2.45, 2.75) is 92.1 Å². The molecule has 0 radical (unpaired) electrons. The van der Waals surface area contributed by atoms with Gasteiger partial charge in [-0.1, -0.05) is 50.0 Å². The molecule has 0 aromatic heterocycles. The molecule has 0 spiro atoms. The van der Waals surface area contributed by atoms with E-state index in [2.05, 4.69) is 26.8 Å².